The number of imidazole rings is 1. The third-order valence-electron chi connectivity index (χ3n) is 4.25. The topological polar surface area (TPSA) is 56.1 Å². The number of anilines is 1. The van der Waals surface area contributed by atoms with E-state index < -0.39 is 0 Å². The summed E-state index contributed by atoms with van der Waals surface area (Å²) in [5.41, 5.74) is 3.19. The van der Waals surface area contributed by atoms with Crippen LogP contribution in [0.1, 0.15) is 41.5 Å². The average Bonchev–Trinajstić information content (AvgIpc) is 3.12. The van der Waals surface area contributed by atoms with Crippen molar-refractivity contribution < 1.29 is 9.53 Å². The van der Waals surface area contributed by atoms with Crippen LogP contribution in [-0.4, -0.2) is 22.6 Å². The van der Waals surface area contributed by atoms with Gasteiger partial charge in [0.25, 0.3) is 5.91 Å². The van der Waals surface area contributed by atoms with Crippen molar-refractivity contribution in [2.75, 3.05) is 12.4 Å². The van der Waals surface area contributed by atoms with E-state index in [0.29, 0.717) is 17.2 Å². The summed E-state index contributed by atoms with van der Waals surface area (Å²) in [4.78, 5) is 17.0. The summed E-state index contributed by atoms with van der Waals surface area (Å²) >= 11 is 0. The first-order chi connectivity index (χ1) is 12.5. The minimum absolute atomic E-state index is 0.191. The summed E-state index contributed by atoms with van der Waals surface area (Å²) in [6.45, 7) is 6.15. The zero-order chi connectivity index (χ0) is 18.7. The monoisotopic (exact) mass is 349 g/mol. The lowest BCUT2D eigenvalue weighted by atomic mass is 10.1. The van der Waals surface area contributed by atoms with Crippen LogP contribution in [0.15, 0.2) is 54.9 Å². The van der Waals surface area contributed by atoms with Gasteiger partial charge in [-0.05, 0) is 42.8 Å². The molecule has 0 unspecified atom stereocenters. The predicted molar refractivity (Wildman–Crippen MR) is 103 cm³/mol. The Bertz CT molecular complexity index is 911. The van der Waals surface area contributed by atoms with Gasteiger partial charge in [-0.25, -0.2) is 4.98 Å². The van der Waals surface area contributed by atoms with Gasteiger partial charge in [-0.3, -0.25) is 4.79 Å². The lowest BCUT2D eigenvalue weighted by Crippen LogP contribution is -2.13. The van der Waals surface area contributed by atoms with E-state index in [1.165, 1.54) is 0 Å². The molecule has 5 nitrogen and oxygen atoms in total. The van der Waals surface area contributed by atoms with Crippen molar-refractivity contribution >= 4 is 11.6 Å². The smallest absolute Gasteiger partial charge is 0.259 e. The number of carbonyl (C=O) groups excluding carboxylic acids is 1. The predicted octanol–water partition coefficient (Wildman–Crippen LogP) is 4.57. The number of rotatable bonds is 5. The fraction of sp³-hybridized carbons (Fsp3) is 0.238. The first-order valence-corrected chi connectivity index (χ1v) is 8.60. The molecule has 0 spiro atoms. The van der Waals surface area contributed by atoms with Gasteiger partial charge in [-0.2, -0.15) is 0 Å². The molecule has 3 aromatic rings. The highest BCUT2D eigenvalue weighted by Gasteiger charge is 2.14. The second-order valence-corrected chi connectivity index (χ2v) is 6.47. The zero-order valence-corrected chi connectivity index (χ0v) is 15.5. The van der Waals surface area contributed by atoms with Crippen molar-refractivity contribution in [2.24, 2.45) is 0 Å². The number of para-hydroxylation sites is 1. The Morgan fingerprint density at radius 2 is 1.88 bits per heavy atom. The van der Waals surface area contributed by atoms with Crippen LogP contribution in [0.25, 0.3) is 5.69 Å². The molecule has 1 amide bonds. The number of benzene rings is 2. The molecule has 0 aliphatic carbocycles. The average molecular weight is 349 g/mol. The van der Waals surface area contributed by atoms with E-state index in [4.69, 9.17) is 4.74 Å². The van der Waals surface area contributed by atoms with E-state index in [1.807, 2.05) is 49.5 Å². The van der Waals surface area contributed by atoms with Crippen LogP contribution in [0.4, 0.5) is 5.69 Å². The summed E-state index contributed by atoms with van der Waals surface area (Å²) in [6, 6.07) is 13.2. The molecule has 0 fully saturated rings. The van der Waals surface area contributed by atoms with Crippen LogP contribution in [0.2, 0.25) is 0 Å². The SMILES string of the molecule is COc1c(C)cccc1C(=O)Nc1ccc(-n2ccnc2C(C)C)cc1. The van der Waals surface area contributed by atoms with Crippen LogP contribution in [-0.2, 0) is 0 Å². The van der Waals surface area contributed by atoms with Crippen LogP contribution >= 0.6 is 0 Å². The van der Waals surface area contributed by atoms with Crippen LogP contribution in [0.3, 0.4) is 0 Å². The van der Waals surface area contributed by atoms with Gasteiger partial charge in [0.05, 0.1) is 12.7 Å². The maximum absolute atomic E-state index is 12.6. The number of nitrogens with zero attached hydrogens (tertiary/aromatic N) is 2. The molecule has 2 aromatic carbocycles. The Morgan fingerprint density at radius 3 is 2.54 bits per heavy atom. The first-order valence-electron chi connectivity index (χ1n) is 8.60. The second kappa shape index (κ2) is 7.44. The zero-order valence-electron chi connectivity index (χ0n) is 15.5. The Labute approximate surface area is 153 Å². The van der Waals surface area contributed by atoms with E-state index in [-0.39, 0.29) is 5.91 Å². The summed E-state index contributed by atoms with van der Waals surface area (Å²) < 4.78 is 7.42. The number of hydrogen-bond acceptors (Lipinski definition) is 3. The molecule has 0 atom stereocenters. The minimum Gasteiger partial charge on any atom is -0.496 e. The number of hydrogen-bond donors (Lipinski definition) is 1. The summed E-state index contributed by atoms with van der Waals surface area (Å²) in [6.07, 6.45) is 3.75. The molecule has 1 heterocycles. The van der Waals surface area contributed by atoms with Gasteiger partial charge in [0, 0.05) is 29.7 Å². The number of ether oxygens (including phenoxy) is 1. The van der Waals surface area contributed by atoms with E-state index in [9.17, 15) is 4.79 Å². The van der Waals surface area contributed by atoms with Gasteiger partial charge in [0.15, 0.2) is 0 Å². The van der Waals surface area contributed by atoms with Gasteiger partial charge in [0.1, 0.15) is 11.6 Å². The van der Waals surface area contributed by atoms with Crippen LogP contribution in [0, 0.1) is 6.92 Å². The van der Waals surface area contributed by atoms with Crippen molar-refractivity contribution in [3.63, 3.8) is 0 Å². The van der Waals surface area contributed by atoms with E-state index >= 15 is 0 Å². The molecule has 5 heteroatoms. The Balaban J connectivity index is 1.81. The summed E-state index contributed by atoms with van der Waals surface area (Å²) in [5.74, 6) is 1.75. The molecule has 0 aliphatic rings. The van der Waals surface area contributed by atoms with Gasteiger partial charge in [0.2, 0.25) is 0 Å². The number of aryl methyl sites for hydroxylation is 1. The highest BCUT2D eigenvalue weighted by Crippen LogP contribution is 2.24. The Hall–Kier alpha value is -3.08. The van der Waals surface area contributed by atoms with Gasteiger partial charge < -0.3 is 14.6 Å². The number of amides is 1. The molecule has 0 aliphatic heterocycles. The van der Waals surface area contributed by atoms with Gasteiger partial charge >= 0.3 is 0 Å². The van der Waals surface area contributed by atoms with Crippen molar-refractivity contribution in [3.8, 4) is 11.4 Å². The molecule has 1 N–H and O–H groups in total. The lowest BCUT2D eigenvalue weighted by Gasteiger charge is -2.13. The second-order valence-electron chi connectivity index (χ2n) is 6.47. The molecule has 3 rings (SSSR count). The fourth-order valence-corrected chi connectivity index (χ4v) is 2.97. The Morgan fingerprint density at radius 1 is 1.15 bits per heavy atom. The van der Waals surface area contributed by atoms with Crippen LogP contribution in [0.5, 0.6) is 5.75 Å². The first kappa shape index (κ1) is 17.7. The summed E-state index contributed by atoms with van der Waals surface area (Å²) in [7, 11) is 1.57. The van der Waals surface area contributed by atoms with Gasteiger partial charge in [-0.1, -0.05) is 26.0 Å². The van der Waals surface area contributed by atoms with Crippen molar-refractivity contribution in [1.29, 1.82) is 0 Å². The maximum Gasteiger partial charge on any atom is 0.259 e. The molecule has 0 saturated heterocycles. The fourth-order valence-electron chi connectivity index (χ4n) is 2.97. The van der Waals surface area contributed by atoms with Gasteiger partial charge in [-0.15, -0.1) is 0 Å². The third kappa shape index (κ3) is 3.47. The largest absolute Gasteiger partial charge is 0.496 e. The third-order valence-corrected chi connectivity index (χ3v) is 4.25. The molecular weight excluding hydrogens is 326 g/mol. The molecule has 0 saturated carbocycles. The molecule has 0 radical (unpaired) electrons. The van der Waals surface area contributed by atoms with E-state index in [2.05, 4.69) is 28.7 Å². The maximum atomic E-state index is 12.6. The summed E-state index contributed by atoms with van der Waals surface area (Å²) in [5, 5.41) is 2.93. The number of aromatic nitrogens is 2. The Kier molecular flexibility index (Phi) is 5.07. The molecule has 0 bridgehead atoms. The van der Waals surface area contributed by atoms with Crippen molar-refractivity contribution in [2.45, 2.75) is 26.7 Å². The number of methoxy groups -OCH3 is 1. The minimum atomic E-state index is -0.191. The molecular formula is C21H23N3O2. The highest BCUT2D eigenvalue weighted by molar-refractivity contribution is 6.06. The molecule has 26 heavy (non-hydrogen) atoms. The lowest BCUT2D eigenvalue weighted by molar-refractivity contribution is 0.102. The molecule has 1 aromatic heterocycles. The number of carbonyl (C=O) groups is 1. The van der Waals surface area contributed by atoms with Crippen LogP contribution < -0.4 is 10.1 Å². The standard InChI is InChI=1S/C21H23N3O2/c1-14(2)20-22-12-13-24(20)17-10-8-16(9-11-17)23-21(25)18-7-5-6-15(3)19(18)26-4/h5-14H,1-4H3,(H,23,25). The van der Waals surface area contributed by atoms with E-state index in [0.717, 1.165) is 22.8 Å². The van der Waals surface area contributed by atoms with Crippen molar-refractivity contribution in [3.05, 3.63) is 71.8 Å². The highest BCUT2D eigenvalue weighted by atomic mass is 16.5. The normalized spacial score (nSPS) is 10.8. The van der Waals surface area contributed by atoms with Crippen molar-refractivity contribution in [1.82, 2.24) is 9.55 Å². The quantitative estimate of drug-likeness (QED) is 0.734. The molecule has 134 valence electrons. The van der Waals surface area contributed by atoms with E-state index in [1.54, 1.807) is 19.4 Å². The number of nitrogens with one attached hydrogen (secondary N) is 1.